The van der Waals surface area contributed by atoms with E-state index in [1.54, 1.807) is 13.8 Å². The van der Waals surface area contributed by atoms with Crippen LogP contribution < -0.4 is 5.32 Å². The molecule has 0 bridgehead atoms. The Kier molecular flexibility index (Phi) is 5.08. The Balaban J connectivity index is 1.81. The van der Waals surface area contributed by atoms with Gasteiger partial charge in [-0.05, 0) is 46.0 Å². The molecule has 2 aromatic heterocycles. The van der Waals surface area contributed by atoms with Crippen LogP contribution in [-0.2, 0) is 4.74 Å². The number of nitrogens with zero attached hydrogens (tertiary/aromatic N) is 3. The highest BCUT2D eigenvalue weighted by atomic mass is 16.5. The van der Waals surface area contributed by atoms with Crippen molar-refractivity contribution < 1.29 is 14.1 Å². The van der Waals surface area contributed by atoms with Crippen LogP contribution in [0.2, 0.25) is 0 Å². The van der Waals surface area contributed by atoms with Gasteiger partial charge in [-0.25, -0.2) is 9.78 Å². The number of aryl methyl sites for hydroxylation is 1. The molecule has 0 fully saturated rings. The van der Waals surface area contributed by atoms with Crippen LogP contribution in [0.25, 0.3) is 11.1 Å². The Morgan fingerprint density at radius 3 is 3.00 bits per heavy atom. The van der Waals surface area contributed by atoms with E-state index >= 15 is 0 Å². The van der Waals surface area contributed by atoms with Crippen LogP contribution in [0.4, 0.5) is 5.82 Å². The number of fused-ring (bicyclic) bond motifs is 1. The van der Waals surface area contributed by atoms with Crippen molar-refractivity contribution in [3.8, 4) is 0 Å². The number of hydrogen-bond acceptors (Lipinski definition) is 7. The third-order valence-corrected chi connectivity index (χ3v) is 4.04. The molecule has 1 aliphatic carbocycles. The van der Waals surface area contributed by atoms with E-state index < -0.39 is 5.97 Å². The molecular formula is C17H22N4O3. The molecule has 0 aromatic carbocycles. The fourth-order valence-corrected chi connectivity index (χ4v) is 2.90. The summed E-state index contributed by atoms with van der Waals surface area (Å²) in [6.07, 6.45) is 8.18. The summed E-state index contributed by atoms with van der Waals surface area (Å²) in [5.74, 6) is 0.605. The number of aromatic nitrogens is 3. The van der Waals surface area contributed by atoms with Gasteiger partial charge in [0.25, 0.3) is 5.71 Å². The molecule has 0 spiro atoms. The number of anilines is 1. The molecule has 128 valence electrons. The summed E-state index contributed by atoms with van der Waals surface area (Å²) in [5, 5.41) is 7.59. The van der Waals surface area contributed by atoms with Crippen molar-refractivity contribution in [3.63, 3.8) is 0 Å². The van der Waals surface area contributed by atoms with E-state index in [2.05, 4.69) is 26.5 Å². The fraction of sp³-hybridized carbons (Fsp3) is 0.529. The minimum atomic E-state index is -0.526. The van der Waals surface area contributed by atoms with E-state index in [9.17, 15) is 4.79 Å². The quantitative estimate of drug-likeness (QED) is 0.641. The summed E-state index contributed by atoms with van der Waals surface area (Å²) in [7, 11) is 0. The van der Waals surface area contributed by atoms with Gasteiger partial charge in [0, 0.05) is 6.54 Å². The zero-order valence-electron chi connectivity index (χ0n) is 14.1. The van der Waals surface area contributed by atoms with Crippen molar-refractivity contribution in [1.82, 2.24) is 15.1 Å². The van der Waals surface area contributed by atoms with Crippen molar-refractivity contribution in [3.05, 3.63) is 23.2 Å². The number of carbonyl (C=O) groups excluding carboxylic acids is 1. The number of allylic oxidation sites excluding steroid dienone is 1. The predicted octanol–water partition coefficient (Wildman–Crippen LogP) is 3.41. The van der Waals surface area contributed by atoms with Crippen LogP contribution in [0.1, 0.15) is 55.3 Å². The third kappa shape index (κ3) is 3.55. The van der Waals surface area contributed by atoms with E-state index in [-0.39, 0.29) is 12.3 Å². The van der Waals surface area contributed by atoms with Gasteiger partial charge in [-0.2, -0.15) is 4.98 Å². The van der Waals surface area contributed by atoms with Crippen LogP contribution in [0.3, 0.4) is 0 Å². The molecule has 0 unspecified atom stereocenters. The zero-order valence-corrected chi connectivity index (χ0v) is 14.1. The van der Waals surface area contributed by atoms with E-state index in [0.717, 1.165) is 13.0 Å². The highest BCUT2D eigenvalue weighted by Crippen LogP contribution is 2.26. The first kappa shape index (κ1) is 16.4. The van der Waals surface area contributed by atoms with Crippen LogP contribution in [-0.4, -0.2) is 34.2 Å². The Hall–Kier alpha value is -2.44. The second kappa shape index (κ2) is 7.42. The molecule has 3 rings (SSSR count). The minimum Gasteiger partial charge on any atom is -0.461 e. The largest absolute Gasteiger partial charge is 0.461 e. The summed E-state index contributed by atoms with van der Waals surface area (Å²) in [6.45, 7) is 4.54. The Labute approximate surface area is 140 Å². The van der Waals surface area contributed by atoms with Crippen molar-refractivity contribution in [2.45, 2.75) is 46.0 Å². The maximum atomic E-state index is 12.0. The Morgan fingerprint density at radius 2 is 2.25 bits per heavy atom. The minimum absolute atomic E-state index is 0.117. The molecule has 0 amide bonds. The topological polar surface area (TPSA) is 90.1 Å². The molecule has 1 aliphatic rings. The summed E-state index contributed by atoms with van der Waals surface area (Å²) in [4.78, 5) is 20.6. The van der Waals surface area contributed by atoms with Gasteiger partial charge in [0.2, 0.25) is 5.69 Å². The Bertz CT molecular complexity index is 767. The summed E-state index contributed by atoms with van der Waals surface area (Å²) in [5.41, 5.74) is 1.89. The van der Waals surface area contributed by atoms with Crippen molar-refractivity contribution >= 4 is 22.9 Å². The van der Waals surface area contributed by atoms with Crippen LogP contribution in [0, 0.1) is 6.92 Å². The van der Waals surface area contributed by atoms with Gasteiger partial charge in [0.05, 0.1) is 6.61 Å². The highest BCUT2D eigenvalue weighted by Gasteiger charge is 2.22. The summed E-state index contributed by atoms with van der Waals surface area (Å²) in [6, 6.07) is 0. The predicted molar refractivity (Wildman–Crippen MR) is 90.0 cm³/mol. The number of nitrogens with one attached hydrogen (secondary N) is 1. The number of hydrogen-bond donors (Lipinski definition) is 1. The molecule has 24 heavy (non-hydrogen) atoms. The first-order valence-electron chi connectivity index (χ1n) is 8.42. The van der Waals surface area contributed by atoms with Crippen molar-refractivity contribution in [2.24, 2.45) is 0 Å². The molecular weight excluding hydrogens is 308 g/mol. The molecule has 0 saturated heterocycles. The number of ether oxygens (including phenoxy) is 1. The summed E-state index contributed by atoms with van der Waals surface area (Å²) < 4.78 is 10.2. The van der Waals surface area contributed by atoms with Gasteiger partial charge in [0.1, 0.15) is 17.0 Å². The number of rotatable bonds is 6. The van der Waals surface area contributed by atoms with Gasteiger partial charge in [-0.3, -0.25) is 0 Å². The normalized spacial score (nSPS) is 14.5. The number of esters is 1. The van der Waals surface area contributed by atoms with Crippen LogP contribution in [0.15, 0.2) is 16.2 Å². The van der Waals surface area contributed by atoms with Crippen LogP contribution in [0.5, 0.6) is 0 Å². The average molecular weight is 330 g/mol. The van der Waals surface area contributed by atoms with Gasteiger partial charge in [0.15, 0.2) is 0 Å². The van der Waals surface area contributed by atoms with E-state index in [4.69, 9.17) is 9.26 Å². The lowest BCUT2D eigenvalue weighted by Gasteiger charge is -2.13. The lowest BCUT2D eigenvalue weighted by atomic mass is 9.97. The lowest BCUT2D eigenvalue weighted by Crippen LogP contribution is -2.10. The number of carbonyl (C=O) groups is 1. The molecule has 7 heteroatoms. The molecule has 0 aliphatic heterocycles. The molecule has 0 radical (unpaired) electrons. The SMILES string of the molecule is CCOC(=O)c1noc2nc(C)nc(NCCC3=CCCCC3)c12. The fourth-order valence-electron chi connectivity index (χ4n) is 2.90. The van der Waals surface area contributed by atoms with Crippen LogP contribution >= 0.6 is 0 Å². The Morgan fingerprint density at radius 1 is 1.38 bits per heavy atom. The van der Waals surface area contributed by atoms with E-state index in [1.165, 1.54) is 31.3 Å². The standard InChI is InChI=1S/C17H22N4O3/c1-3-23-17(22)14-13-15(19-11(2)20-16(13)24-21-14)18-10-9-12-7-5-4-6-8-12/h7H,3-6,8-10H2,1-2H3,(H,18,19,20). The van der Waals surface area contributed by atoms with Gasteiger partial charge >= 0.3 is 5.97 Å². The second-order valence-corrected chi connectivity index (χ2v) is 5.84. The van der Waals surface area contributed by atoms with E-state index in [0.29, 0.717) is 22.7 Å². The molecule has 7 nitrogen and oxygen atoms in total. The van der Waals surface area contributed by atoms with Crippen molar-refractivity contribution in [2.75, 3.05) is 18.5 Å². The highest BCUT2D eigenvalue weighted by molar-refractivity contribution is 6.04. The molecule has 2 heterocycles. The first-order chi connectivity index (χ1) is 11.7. The van der Waals surface area contributed by atoms with Gasteiger partial charge in [-0.1, -0.05) is 16.8 Å². The molecule has 0 atom stereocenters. The first-order valence-corrected chi connectivity index (χ1v) is 8.42. The second-order valence-electron chi connectivity index (χ2n) is 5.84. The molecule has 0 saturated carbocycles. The van der Waals surface area contributed by atoms with Crippen molar-refractivity contribution in [1.29, 1.82) is 0 Å². The molecule has 2 aromatic rings. The molecule has 1 N–H and O–H groups in total. The maximum absolute atomic E-state index is 12.0. The maximum Gasteiger partial charge on any atom is 0.361 e. The monoisotopic (exact) mass is 330 g/mol. The third-order valence-electron chi connectivity index (χ3n) is 4.04. The lowest BCUT2D eigenvalue weighted by molar-refractivity contribution is 0.0517. The summed E-state index contributed by atoms with van der Waals surface area (Å²) >= 11 is 0. The smallest absolute Gasteiger partial charge is 0.361 e. The van der Waals surface area contributed by atoms with E-state index in [1.807, 2.05) is 0 Å². The van der Waals surface area contributed by atoms with Gasteiger partial charge < -0.3 is 14.6 Å². The zero-order chi connectivity index (χ0) is 16.9. The van der Waals surface area contributed by atoms with Gasteiger partial charge in [-0.15, -0.1) is 0 Å². The average Bonchev–Trinajstić information content (AvgIpc) is 3.00.